The van der Waals surface area contributed by atoms with E-state index in [9.17, 15) is 13.2 Å². The van der Waals surface area contributed by atoms with Crippen molar-refractivity contribution in [3.63, 3.8) is 0 Å². The van der Waals surface area contributed by atoms with Gasteiger partial charge in [0.05, 0.1) is 19.8 Å². The van der Waals surface area contributed by atoms with E-state index < -0.39 is 12.2 Å². The summed E-state index contributed by atoms with van der Waals surface area (Å²) < 4.78 is 51.0. The van der Waals surface area contributed by atoms with E-state index in [4.69, 9.17) is 9.47 Å². The van der Waals surface area contributed by atoms with Crippen molar-refractivity contribution >= 4 is 15.9 Å². The van der Waals surface area contributed by atoms with Gasteiger partial charge in [0.1, 0.15) is 17.5 Å². The van der Waals surface area contributed by atoms with Gasteiger partial charge in [0, 0.05) is 11.0 Å². The Balaban J connectivity index is 2.32. The molecule has 1 saturated heterocycles. The second kappa shape index (κ2) is 7.08. The Bertz CT molecular complexity index is 497. The highest BCUT2D eigenvalue weighted by atomic mass is 79.9. The molecule has 1 fully saturated rings. The molecule has 1 aliphatic heterocycles. The molecule has 0 aromatic heterocycles. The highest BCUT2D eigenvalue weighted by Crippen LogP contribution is 2.38. The van der Waals surface area contributed by atoms with E-state index in [1.165, 1.54) is 19.1 Å². The first-order valence-electron chi connectivity index (χ1n) is 7.08. The Morgan fingerprint density at radius 1 is 1.18 bits per heavy atom. The van der Waals surface area contributed by atoms with Gasteiger partial charge < -0.3 is 9.47 Å². The number of hydrogen-bond acceptors (Lipinski definition) is 3. The summed E-state index contributed by atoms with van der Waals surface area (Å²) >= 11 is 3.34. The molecule has 124 valence electrons. The van der Waals surface area contributed by atoms with Crippen LogP contribution in [0.2, 0.25) is 0 Å². The van der Waals surface area contributed by atoms with Crippen molar-refractivity contribution in [3.8, 4) is 11.5 Å². The largest absolute Gasteiger partial charge is 0.496 e. The molecular weight excluding hydrogens is 363 g/mol. The van der Waals surface area contributed by atoms with Crippen molar-refractivity contribution in [2.24, 2.45) is 0 Å². The number of piperidine rings is 1. The van der Waals surface area contributed by atoms with E-state index in [0.717, 1.165) is 10.9 Å². The van der Waals surface area contributed by atoms with Gasteiger partial charge in [-0.05, 0) is 31.5 Å². The molecule has 0 spiro atoms. The van der Waals surface area contributed by atoms with Gasteiger partial charge in [-0.15, -0.1) is 0 Å². The predicted octanol–water partition coefficient (Wildman–Crippen LogP) is 4.38. The average molecular weight is 382 g/mol. The normalized spacial score (nSPS) is 20.0. The molecule has 1 atom stereocenters. The van der Waals surface area contributed by atoms with Crippen LogP contribution in [0.5, 0.6) is 11.5 Å². The van der Waals surface area contributed by atoms with Crippen molar-refractivity contribution in [3.05, 3.63) is 22.2 Å². The summed E-state index contributed by atoms with van der Waals surface area (Å²) in [6, 6.07) is 2.08. The summed E-state index contributed by atoms with van der Waals surface area (Å²) in [4.78, 5) is 1.47. The molecule has 22 heavy (non-hydrogen) atoms. The van der Waals surface area contributed by atoms with E-state index in [2.05, 4.69) is 15.9 Å². The van der Waals surface area contributed by atoms with E-state index in [0.29, 0.717) is 30.0 Å². The fourth-order valence-corrected chi connectivity index (χ4v) is 3.28. The van der Waals surface area contributed by atoms with Crippen LogP contribution < -0.4 is 9.47 Å². The van der Waals surface area contributed by atoms with Gasteiger partial charge in [0.15, 0.2) is 0 Å². The van der Waals surface area contributed by atoms with Crippen LogP contribution in [0.25, 0.3) is 0 Å². The Labute approximate surface area is 136 Å². The van der Waals surface area contributed by atoms with Crippen LogP contribution in [-0.2, 0) is 6.54 Å². The summed E-state index contributed by atoms with van der Waals surface area (Å²) in [6.45, 7) is 0.580. The molecule has 1 heterocycles. The monoisotopic (exact) mass is 381 g/mol. The molecular formula is C15H19BrF3NO2. The Morgan fingerprint density at radius 2 is 1.77 bits per heavy atom. The Morgan fingerprint density at radius 3 is 2.27 bits per heavy atom. The number of nitrogens with zero attached hydrogens (tertiary/aromatic N) is 1. The minimum Gasteiger partial charge on any atom is -0.496 e. The standard InChI is InChI=1S/C15H19BrF3NO2/c1-21-12-7-10(16)8-13(22-2)11(12)9-20-6-4-3-5-14(20)15(17,18)19/h7-8,14H,3-6,9H2,1-2H3. The molecule has 0 bridgehead atoms. The van der Waals surface area contributed by atoms with Crippen LogP contribution in [0.3, 0.4) is 0 Å². The van der Waals surface area contributed by atoms with Crippen molar-refractivity contribution in [1.82, 2.24) is 4.90 Å². The third-order valence-electron chi connectivity index (χ3n) is 3.93. The molecule has 1 unspecified atom stereocenters. The van der Waals surface area contributed by atoms with Gasteiger partial charge in [0.2, 0.25) is 0 Å². The second-order valence-electron chi connectivity index (χ2n) is 5.31. The van der Waals surface area contributed by atoms with Crippen LogP contribution in [0.1, 0.15) is 24.8 Å². The molecule has 0 radical (unpaired) electrons. The molecule has 1 aromatic carbocycles. The van der Waals surface area contributed by atoms with Gasteiger partial charge in [-0.25, -0.2) is 0 Å². The lowest BCUT2D eigenvalue weighted by molar-refractivity contribution is -0.192. The lowest BCUT2D eigenvalue weighted by Crippen LogP contribution is -2.48. The summed E-state index contributed by atoms with van der Waals surface area (Å²) in [5.74, 6) is 1.05. The maximum absolute atomic E-state index is 13.2. The molecule has 0 aliphatic carbocycles. The molecule has 7 heteroatoms. The Kier molecular flexibility index (Phi) is 5.60. The first kappa shape index (κ1) is 17.4. The SMILES string of the molecule is COc1cc(Br)cc(OC)c1CN1CCCCC1C(F)(F)F. The summed E-state index contributed by atoms with van der Waals surface area (Å²) in [5.41, 5.74) is 0.643. The highest BCUT2D eigenvalue weighted by Gasteiger charge is 2.44. The third-order valence-corrected chi connectivity index (χ3v) is 4.38. The molecule has 1 aliphatic rings. The van der Waals surface area contributed by atoms with Crippen LogP contribution in [0.4, 0.5) is 13.2 Å². The number of benzene rings is 1. The lowest BCUT2D eigenvalue weighted by Gasteiger charge is -2.37. The third kappa shape index (κ3) is 3.87. The van der Waals surface area contributed by atoms with Crippen molar-refractivity contribution in [2.75, 3.05) is 20.8 Å². The zero-order chi connectivity index (χ0) is 16.3. The molecule has 0 saturated carbocycles. The van der Waals surface area contributed by atoms with Gasteiger partial charge in [-0.3, -0.25) is 4.90 Å². The number of hydrogen-bond donors (Lipinski definition) is 0. The number of rotatable bonds is 4. The topological polar surface area (TPSA) is 21.7 Å². The number of halogens is 4. The van der Waals surface area contributed by atoms with Gasteiger partial charge in [-0.1, -0.05) is 22.4 Å². The number of likely N-dealkylation sites (tertiary alicyclic amines) is 1. The molecule has 0 N–H and O–H groups in total. The first-order valence-corrected chi connectivity index (χ1v) is 7.87. The van der Waals surface area contributed by atoms with Crippen molar-refractivity contribution in [2.45, 2.75) is 38.0 Å². The Hall–Kier alpha value is -0.950. The fourth-order valence-electron chi connectivity index (χ4n) is 2.86. The lowest BCUT2D eigenvalue weighted by atomic mass is 10.0. The van der Waals surface area contributed by atoms with Gasteiger partial charge in [-0.2, -0.15) is 13.2 Å². The minimum atomic E-state index is -4.21. The molecule has 0 amide bonds. The van der Waals surface area contributed by atoms with E-state index in [1.807, 2.05) is 0 Å². The van der Waals surface area contributed by atoms with Crippen molar-refractivity contribution < 1.29 is 22.6 Å². The van der Waals surface area contributed by atoms with E-state index in [-0.39, 0.29) is 13.0 Å². The minimum absolute atomic E-state index is 0.144. The van der Waals surface area contributed by atoms with Crippen LogP contribution >= 0.6 is 15.9 Å². The van der Waals surface area contributed by atoms with Crippen molar-refractivity contribution in [1.29, 1.82) is 0 Å². The van der Waals surface area contributed by atoms with Crippen LogP contribution in [0, 0.1) is 0 Å². The average Bonchev–Trinajstić information content (AvgIpc) is 2.47. The van der Waals surface area contributed by atoms with Crippen LogP contribution in [-0.4, -0.2) is 37.9 Å². The second-order valence-corrected chi connectivity index (χ2v) is 6.23. The highest BCUT2D eigenvalue weighted by molar-refractivity contribution is 9.10. The van der Waals surface area contributed by atoms with E-state index in [1.54, 1.807) is 12.1 Å². The maximum Gasteiger partial charge on any atom is 0.404 e. The van der Waals surface area contributed by atoms with Gasteiger partial charge in [0.25, 0.3) is 0 Å². The summed E-state index contributed by atoms with van der Waals surface area (Å²) in [6.07, 6.45) is -2.69. The van der Waals surface area contributed by atoms with Crippen LogP contribution in [0.15, 0.2) is 16.6 Å². The number of methoxy groups -OCH3 is 2. The predicted molar refractivity (Wildman–Crippen MR) is 81.4 cm³/mol. The molecule has 1 aromatic rings. The number of ether oxygens (including phenoxy) is 2. The summed E-state index contributed by atoms with van der Waals surface area (Å²) in [7, 11) is 3.00. The zero-order valence-corrected chi connectivity index (χ0v) is 14.1. The molecule has 2 rings (SSSR count). The molecule has 3 nitrogen and oxygen atoms in total. The summed E-state index contributed by atoms with van der Waals surface area (Å²) in [5, 5.41) is 0. The quantitative estimate of drug-likeness (QED) is 0.772. The van der Waals surface area contributed by atoms with Gasteiger partial charge >= 0.3 is 6.18 Å². The first-order chi connectivity index (χ1) is 10.4. The zero-order valence-electron chi connectivity index (χ0n) is 12.5. The number of alkyl halides is 3. The van der Waals surface area contributed by atoms with E-state index >= 15 is 0 Å². The maximum atomic E-state index is 13.2. The smallest absolute Gasteiger partial charge is 0.404 e. The fraction of sp³-hybridized carbons (Fsp3) is 0.600.